The zero-order valence-electron chi connectivity index (χ0n) is 11.1. The van der Waals surface area contributed by atoms with Crippen LogP contribution < -0.4 is 10.6 Å². The molecule has 0 saturated carbocycles. The van der Waals surface area contributed by atoms with Gasteiger partial charge in [0.15, 0.2) is 0 Å². The van der Waals surface area contributed by atoms with Crippen LogP contribution in [0.3, 0.4) is 0 Å². The van der Waals surface area contributed by atoms with Crippen molar-refractivity contribution in [1.29, 1.82) is 0 Å². The van der Waals surface area contributed by atoms with E-state index < -0.39 is 0 Å². The minimum Gasteiger partial charge on any atom is -0.396 e. The molecule has 1 rings (SSSR count). The zero-order valence-corrected chi connectivity index (χ0v) is 11.9. The summed E-state index contributed by atoms with van der Waals surface area (Å²) in [6.45, 7) is 1.63. The first-order valence-electron chi connectivity index (χ1n) is 6.01. The third-order valence-electron chi connectivity index (χ3n) is 2.70. The number of halogens is 1. The van der Waals surface area contributed by atoms with Gasteiger partial charge in [-0.05, 0) is 31.7 Å². The summed E-state index contributed by atoms with van der Waals surface area (Å²) in [5.41, 5.74) is 0.852. The molecule has 1 unspecified atom stereocenters. The van der Waals surface area contributed by atoms with Crippen molar-refractivity contribution in [3.63, 3.8) is 0 Å². The van der Waals surface area contributed by atoms with Crippen LogP contribution in [0.15, 0.2) is 18.2 Å². The summed E-state index contributed by atoms with van der Waals surface area (Å²) in [4.78, 5) is 11.8. The maximum atomic E-state index is 13.3. The maximum absolute atomic E-state index is 13.3. The van der Waals surface area contributed by atoms with Crippen LogP contribution in [0.4, 0.5) is 14.9 Å². The van der Waals surface area contributed by atoms with Crippen molar-refractivity contribution in [3.8, 4) is 0 Å². The summed E-state index contributed by atoms with van der Waals surface area (Å²) < 4.78 is 13.3. The number of aliphatic hydroxyl groups excluding tert-OH is 1. The van der Waals surface area contributed by atoms with E-state index >= 15 is 0 Å². The molecule has 0 saturated heterocycles. The highest BCUT2D eigenvalue weighted by molar-refractivity contribution is 7.98. The number of carbonyl (C=O) groups is 1. The Hall–Kier alpha value is -1.27. The van der Waals surface area contributed by atoms with Gasteiger partial charge in [0.25, 0.3) is 0 Å². The average Bonchev–Trinajstić information content (AvgIpc) is 2.35. The van der Waals surface area contributed by atoms with Crippen molar-refractivity contribution in [2.24, 2.45) is 0 Å². The molecule has 0 spiro atoms. The Morgan fingerprint density at radius 2 is 2.26 bits per heavy atom. The molecule has 3 N–H and O–H groups in total. The molecule has 0 fully saturated rings. The summed E-state index contributed by atoms with van der Waals surface area (Å²) in [7, 11) is 0. The Morgan fingerprint density at radius 3 is 2.89 bits per heavy atom. The fourth-order valence-electron chi connectivity index (χ4n) is 1.64. The van der Waals surface area contributed by atoms with E-state index in [0.29, 0.717) is 17.7 Å². The molecule has 0 radical (unpaired) electrons. The van der Waals surface area contributed by atoms with E-state index in [4.69, 9.17) is 5.11 Å². The number of nitrogens with one attached hydrogen (secondary N) is 2. The highest BCUT2D eigenvalue weighted by atomic mass is 32.2. The molecule has 1 aromatic rings. The normalized spacial score (nSPS) is 12.0. The lowest BCUT2D eigenvalue weighted by atomic mass is 10.2. The van der Waals surface area contributed by atoms with Gasteiger partial charge in [-0.25, -0.2) is 9.18 Å². The van der Waals surface area contributed by atoms with Gasteiger partial charge in [-0.15, -0.1) is 0 Å². The van der Waals surface area contributed by atoms with E-state index in [1.807, 2.05) is 6.26 Å². The molecule has 1 atom stereocenters. The maximum Gasteiger partial charge on any atom is 0.319 e. The number of urea groups is 1. The van der Waals surface area contributed by atoms with E-state index in [1.165, 1.54) is 6.07 Å². The quantitative estimate of drug-likeness (QED) is 0.752. The Balaban J connectivity index is 2.61. The molecule has 106 valence electrons. The molecular formula is C13H19FN2O2S. The van der Waals surface area contributed by atoms with Crippen molar-refractivity contribution >= 4 is 23.5 Å². The molecule has 19 heavy (non-hydrogen) atoms. The molecule has 0 bridgehead atoms. The number of carbonyl (C=O) groups excluding carboxylic acids is 1. The van der Waals surface area contributed by atoms with E-state index in [1.54, 1.807) is 30.8 Å². The van der Waals surface area contributed by atoms with Gasteiger partial charge in [0.05, 0.1) is 0 Å². The van der Waals surface area contributed by atoms with Crippen LogP contribution >= 0.6 is 11.8 Å². The van der Waals surface area contributed by atoms with Crippen LogP contribution in [0.5, 0.6) is 0 Å². The second-order valence-electron chi connectivity index (χ2n) is 4.18. The molecule has 0 heterocycles. The highest BCUT2D eigenvalue weighted by Gasteiger charge is 2.12. The lowest BCUT2D eigenvalue weighted by Gasteiger charge is -2.17. The Morgan fingerprint density at radius 1 is 1.53 bits per heavy atom. The first-order valence-corrected chi connectivity index (χ1v) is 7.40. The predicted octanol–water partition coefficient (Wildman–Crippen LogP) is 2.37. The zero-order chi connectivity index (χ0) is 14.3. The van der Waals surface area contributed by atoms with Crippen LogP contribution in [0.1, 0.15) is 12.0 Å². The molecule has 4 nitrogen and oxygen atoms in total. The third-order valence-corrected chi connectivity index (χ3v) is 3.43. The molecule has 2 amide bonds. The minimum absolute atomic E-state index is 0.0184. The van der Waals surface area contributed by atoms with Gasteiger partial charge in [-0.3, -0.25) is 0 Å². The monoisotopic (exact) mass is 286 g/mol. The second-order valence-corrected chi connectivity index (χ2v) is 5.09. The third kappa shape index (κ3) is 5.08. The molecule has 6 heteroatoms. The van der Waals surface area contributed by atoms with Crippen LogP contribution in [0.25, 0.3) is 0 Å². The Labute approximate surface area is 116 Å². The topological polar surface area (TPSA) is 61.4 Å². The number of thioether (sulfide) groups is 1. The number of anilines is 1. The first-order chi connectivity index (χ1) is 9.08. The van der Waals surface area contributed by atoms with Gasteiger partial charge in [0.1, 0.15) is 5.82 Å². The van der Waals surface area contributed by atoms with E-state index in [2.05, 4.69) is 10.6 Å². The highest BCUT2D eigenvalue weighted by Crippen LogP contribution is 2.17. The van der Waals surface area contributed by atoms with Gasteiger partial charge in [0, 0.05) is 29.7 Å². The summed E-state index contributed by atoms with van der Waals surface area (Å²) in [6.07, 6.45) is 2.43. The minimum atomic E-state index is -0.388. The summed E-state index contributed by atoms with van der Waals surface area (Å²) in [6, 6.07) is 4.05. The lowest BCUT2D eigenvalue weighted by Crippen LogP contribution is -2.40. The molecule has 1 aromatic carbocycles. The van der Waals surface area contributed by atoms with E-state index in [-0.39, 0.29) is 24.5 Å². The second kappa shape index (κ2) is 8.01. The fraction of sp³-hybridized carbons (Fsp3) is 0.462. The summed E-state index contributed by atoms with van der Waals surface area (Å²) >= 11 is 1.59. The Bertz CT molecular complexity index is 423. The van der Waals surface area contributed by atoms with Gasteiger partial charge in [-0.1, -0.05) is 6.07 Å². The van der Waals surface area contributed by atoms with Gasteiger partial charge < -0.3 is 15.7 Å². The first kappa shape index (κ1) is 15.8. The fourth-order valence-corrected chi connectivity index (χ4v) is 2.29. The standard InChI is InChI=1S/C13H19FN2O2S/c1-9-11(14)4-3-5-12(9)16-13(18)15-10(6-7-17)8-19-2/h3-5,10,17H,6-8H2,1-2H3,(H2,15,16,18). The number of rotatable bonds is 6. The van der Waals surface area contributed by atoms with Gasteiger partial charge in [0.2, 0.25) is 0 Å². The summed E-state index contributed by atoms with van der Waals surface area (Å²) in [5, 5.41) is 14.3. The number of hydrogen-bond donors (Lipinski definition) is 3. The number of aliphatic hydroxyl groups is 1. The predicted molar refractivity (Wildman–Crippen MR) is 77.2 cm³/mol. The van der Waals surface area contributed by atoms with Crippen molar-refractivity contribution in [3.05, 3.63) is 29.6 Å². The number of benzene rings is 1. The number of amides is 2. The van der Waals surface area contributed by atoms with Crippen molar-refractivity contribution in [1.82, 2.24) is 5.32 Å². The van der Waals surface area contributed by atoms with E-state index in [0.717, 1.165) is 5.75 Å². The van der Waals surface area contributed by atoms with Crippen LogP contribution in [0.2, 0.25) is 0 Å². The van der Waals surface area contributed by atoms with E-state index in [9.17, 15) is 9.18 Å². The van der Waals surface area contributed by atoms with Crippen molar-refractivity contribution in [2.75, 3.05) is 23.9 Å². The van der Waals surface area contributed by atoms with Crippen molar-refractivity contribution in [2.45, 2.75) is 19.4 Å². The summed E-state index contributed by atoms with van der Waals surface area (Å²) in [5.74, 6) is 0.365. The van der Waals surface area contributed by atoms with Gasteiger partial charge >= 0.3 is 6.03 Å². The average molecular weight is 286 g/mol. The van der Waals surface area contributed by atoms with Crippen molar-refractivity contribution < 1.29 is 14.3 Å². The number of hydrogen-bond acceptors (Lipinski definition) is 3. The molecule has 0 aliphatic heterocycles. The van der Waals surface area contributed by atoms with Crippen LogP contribution in [-0.4, -0.2) is 35.8 Å². The molecule has 0 aliphatic rings. The Kier molecular flexibility index (Phi) is 6.66. The molecular weight excluding hydrogens is 267 g/mol. The lowest BCUT2D eigenvalue weighted by molar-refractivity contribution is 0.241. The largest absolute Gasteiger partial charge is 0.396 e. The van der Waals surface area contributed by atoms with Crippen LogP contribution in [0, 0.1) is 12.7 Å². The van der Waals surface area contributed by atoms with Gasteiger partial charge in [-0.2, -0.15) is 11.8 Å². The smallest absolute Gasteiger partial charge is 0.319 e. The SMILES string of the molecule is CSCC(CCO)NC(=O)Nc1cccc(F)c1C. The molecule has 0 aliphatic carbocycles. The van der Waals surface area contributed by atoms with Crippen LogP contribution in [-0.2, 0) is 0 Å². The molecule has 0 aromatic heterocycles.